The highest BCUT2D eigenvalue weighted by atomic mass is 35.7. The second-order valence-electron chi connectivity index (χ2n) is 2.20. The van der Waals surface area contributed by atoms with Gasteiger partial charge in [-0.2, -0.15) is 0 Å². The molecule has 12 heavy (non-hydrogen) atoms. The number of hydrogen-bond acceptors (Lipinski definition) is 2. The van der Waals surface area contributed by atoms with Crippen LogP contribution in [0.25, 0.3) is 0 Å². The summed E-state index contributed by atoms with van der Waals surface area (Å²) in [5.74, 6) is 0. The summed E-state index contributed by atoms with van der Waals surface area (Å²) in [7, 11) is 1.57. The Morgan fingerprint density at radius 3 is 2.08 bits per heavy atom. The standard InChI is InChI=1S/C7H7ClO2S.H2O/c1-6-4-2-3-5-7(6)11(8,9)10;/h2-5H,1H3;1H2. The normalized spacial score (nSPS) is 10.5. The molecule has 1 aromatic rings. The first-order chi connectivity index (χ1) is 5.02. The van der Waals surface area contributed by atoms with Gasteiger partial charge >= 0.3 is 0 Å². The lowest BCUT2D eigenvalue weighted by atomic mass is 10.2. The third kappa shape index (κ3) is 2.48. The zero-order valence-corrected chi connectivity index (χ0v) is 7.98. The van der Waals surface area contributed by atoms with Crippen molar-refractivity contribution in [3.8, 4) is 0 Å². The second-order valence-corrected chi connectivity index (χ2v) is 4.74. The smallest absolute Gasteiger partial charge is 0.261 e. The van der Waals surface area contributed by atoms with Crippen LogP contribution < -0.4 is 0 Å². The first kappa shape index (κ1) is 11.4. The molecule has 0 radical (unpaired) electrons. The van der Waals surface area contributed by atoms with E-state index in [0.717, 1.165) is 0 Å². The van der Waals surface area contributed by atoms with Crippen LogP contribution in [0.5, 0.6) is 0 Å². The molecule has 0 aliphatic carbocycles. The van der Waals surface area contributed by atoms with Crippen LogP contribution in [0, 0.1) is 6.92 Å². The van der Waals surface area contributed by atoms with Crippen LogP contribution in [-0.4, -0.2) is 13.9 Å². The van der Waals surface area contributed by atoms with Crippen molar-refractivity contribution in [2.45, 2.75) is 11.8 Å². The number of rotatable bonds is 1. The highest BCUT2D eigenvalue weighted by Crippen LogP contribution is 2.17. The first-order valence-corrected chi connectivity index (χ1v) is 5.33. The molecular weight excluding hydrogens is 200 g/mol. The summed E-state index contributed by atoms with van der Waals surface area (Å²) < 4.78 is 21.6. The number of halogens is 1. The SMILES string of the molecule is Cc1ccccc1S(=O)(=O)Cl.O. The summed E-state index contributed by atoms with van der Waals surface area (Å²) in [6.45, 7) is 1.70. The summed E-state index contributed by atoms with van der Waals surface area (Å²) in [6.07, 6.45) is 0. The van der Waals surface area contributed by atoms with E-state index >= 15 is 0 Å². The Kier molecular flexibility index (Phi) is 3.70. The van der Waals surface area contributed by atoms with E-state index in [0.29, 0.717) is 5.56 Å². The van der Waals surface area contributed by atoms with Crippen LogP contribution in [-0.2, 0) is 9.05 Å². The molecule has 2 N–H and O–H groups in total. The molecule has 0 spiro atoms. The average molecular weight is 209 g/mol. The largest absolute Gasteiger partial charge is 0.412 e. The van der Waals surface area contributed by atoms with E-state index in [-0.39, 0.29) is 10.4 Å². The Labute approximate surface area is 75.7 Å². The van der Waals surface area contributed by atoms with E-state index < -0.39 is 9.05 Å². The predicted molar refractivity (Wildman–Crippen MR) is 47.8 cm³/mol. The van der Waals surface area contributed by atoms with Gasteiger partial charge in [0.15, 0.2) is 0 Å². The topological polar surface area (TPSA) is 65.6 Å². The molecule has 0 aromatic heterocycles. The molecule has 3 nitrogen and oxygen atoms in total. The highest BCUT2D eigenvalue weighted by Gasteiger charge is 2.10. The number of benzene rings is 1. The van der Waals surface area contributed by atoms with Gasteiger partial charge in [-0.1, -0.05) is 18.2 Å². The highest BCUT2D eigenvalue weighted by molar-refractivity contribution is 8.13. The van der Waals surface area contributed by atoms with Gasteiger partial charge in [0.2, 0.25) is 0 Å². The van der Waals surface area contributed by atoms with Gasteiger partial charge in [0, 0.05) is 10.7 Å². The van der Waals surface area contributed by atoms with Crippen molar-refractivity contribution in [2.75, 3.05) is 0 Å². The molecular formula is C7H9ClO3S. The quantitative estimate of drug-likeness (QED) is 0.649. The minimum Gasteiger partial charge on any atom is -0.412 e. The monoisotopic (exact) mass is 208 g/mol. The molecule has 68 valence electrons. The summed E-state index contributed by atoms with van der Waals surface area (Å²) in [6, 6.07) is 6.59. The van der Waals surface area contributed by atoms with Crippen molar-refractivity contribution in [3.63, 3.8) is 0 Å². The molecule has 5 heteroatoms. The molecule has 0 saturated heterocycles. The maximum atomic E-state index is 10.8. The lowest BCUT2D eigenvalue weighted by Crippen LogP contribution is -1.92. The fraction of sp³-hybridized carbons (Fsp3) is 0.143. The number of aryl methyl sites for hydroxylation is 1. The van der Waals surface area contributed by atoms with Gasteiger partial charge in [-0.3, -0.25) is 0 Å². The molecule has 0 heterocycles. The fourth-order valence-electron chi connectivity index (χ4n) is 0.830. The summed E-state index contributed by atoms with van der Waals surface area (Å²) in [5, 5.41) is 0. The van der Waals surface area contributed by atoms with Crippen molar-refractivity contribution in [1.82, 2.24) is 0 Å². The fourth-order valence-corrected chi connectivity index (χ4v) is 2.04. The van der Waals surface area contributed by atoms with Crippen LogP contribution in [0.1, 0.15) is 5.56 Å². The molecule has 0 aliphatic heterocycles. The van der Waals surface area contributed by atoms with Crippen molar-refractivity contribution in [2.24, 2.45) is 0 Å². The van der Waals surface area contributed by atoms with Crippen LogP contribution in [0.15, 0.2) is 29.2 Å². The van der Waals surface area contributed by atoms with Crippen molar-refractivity contribution in [3.05, 3.63) is 29.8 Å². The van der Waals surface area contributed by atoms with Gasteiger partial charge in [-0.25, -0.2) is 8.42 Å². The Morgan fingerprint density at radius 1 is 1.25 bits per heavy atom. The summed E-state index contributed by atoms with van der Waals surface area (Å²) >= 11 is 0. The molecule has 0 fully saturated rings. The van der Waals surface area contributed by atoms with Crippen LogP contribution in [0.3, 0.4) is 0 Å². The van der Waals surface area contributed by atoms with E-state index in [1.165, 1.54) is 6.07 Å². The van der Waals surface area contributed by atoms with Gasteiger partial charge in [-0.05, 0) is 18.6 Å². The summed E-state index contributed by atoms with van der Waals surface area (Å²) in [4.78, 5) is 0.182. The van der Waals surface area contributed by atoms with E-state index in [2.05, 4.69) is 0 Å². The maximum absolute atomic E-state index is 10.8. The van der Waals surface area contributed by atoms with Crippen molar-refractivity contribution < 1.29 is 13.9 Å². The van der Waals surface area contributed by atoms with Gasteiger partial charge < -0.3 is 5.48 Å². The van der Waals surface area contributed by atoms with E-state index in [9.17, 15) is 8.42 Å². The molecule has 0 unspecified atom stereocenters. The van der Waals surface area contributed by atoms with E-state index in [4.69, 9.17) is 10.7 Å². The molecule has 1 aromatic carbocycles. The van der Waals surface area contributed by atoms with E-state index in [1.54, 1.807) is 25.1 Å². The van der Waals surface area contributed by atoms with Gasteiger partial charge in [0.25, 0.3) is 9.05 Å². The van der Waals surface area contributed by atoms with Crippen molar-refractivity contribution in [1.29, 1.82) is 0 Å². The molecule has 0 aliphatic rings. The zero-order valence-electron chi connectivity index (χ0n) is 6.41. The van der Waals surface area contributed by atoms with Gasteiger partial charge in [0.1, 0.15) is 0 Å². The molecule has 0 amide bonds. The predicted octanol–water partition coefficient (Wildman–Crippen LogP) is 1.10. The van der Waals surface area contributed by atoms with Crippen LogP contribution >= 0.6 is 10.7 Å². The lowest BCUT2D eigenvalue weighted by Gasteiger charge is -1.98. The Balaban J connectivity index is 0.00000121. The third-order valence-corrected chi connectivity index (χ3v) is 2.84. The van der Waals surface area contributed by atoms with Gasteiger partial charge in [0.05, 0.1) is 4.90 Å². The number of hydrogen-bond donors (Lipinski definition) is 0. The minimum atomic E-state index is -3.56. The Morgan fingerprint density at radius 2 is 1.75 bits per heavy atom. The first-order valence-electron chi connectivity index (χ1n) is 3.02. The molecule has 1 rings (SSSR count). The maximum Gasteiger partial charge on any atom is 0.261 e. The minimum absolute atomic E-state index is 0. The van der Waals surface area contributed by atoms with Gasteiger partial charge in [-0.15, -0.1) is 0 Å². The lowest BCUT2D eigenvalue weighted by molar-refractivity contribution is 0.609. The molecule has 0 atom stereocenters. The average Bonchev–Trinajstić information content (AvgIpc) is 1.86. The zero-order chi connectivity index (χ0) is 8.48. The molecule has 0 saturated carbocycles. The van der Waals surface area contributed by atoms with Crippen molar-refractivity contribution >= 4 is 19.7 Å². The Hall–Kier alpha value is -0.580. The third-order valence-electron chi connectivity index (χ3n) is 1.36. The summed E-state index contributed by atoms with van der Waals surface area (Å²) in [5.41, 5.74) is 0.669. The van der Waals surface area contributed by atoms with E-state index in [1.807, 2.05) is 0 Å². The van der Waals surface area contributed by atoms with Crippen LogP contribution in [0.4, 0.5) is 0 Å². The Bertz CT molecular complexity index is 359. The second kappa shape index (κ2) is 3.89. The molecule has 0 bridgehead atoms. The van der Waals surface area contributed by atoms with Crippen LogP contribution in [0.2, 0.25) is 0 Å².